The quantitative estimate of drug-likeness (QED) is 0.410. The molecule has 3 rings (SSSR count). The highest BCUT2D eigenvalue weighted by atomic mass is 16.5. The Labute approximate surface area is 165 Å². The molecular formula is C21H27N5O2. The molecule has 28 heavy (non-hydrogen) atoms. The maximum atomic E-state index is 5.64. The topological polar surface area (TPSA) is 83.6 Å². The number of H-pyrrole nitrogens is 1. The summed E-state index contributed by atoms with van der Waals surface area (Å²) in [4.78, 5) is 12.6. The molecule has 3 aromatic rings. The Morgan fingerprint density at radius 1 is 1.14 bits per heavy atom. The fourth-order valence-electron chi connectivity index (χ4n) is 2.86. The largest absolute Gasteiger partial charge is 0.493 e. The molecule has 0 saturated heterocycles. The summed E-state index contributed by atoms with van der Waals surface area (Å²) in [6.45, 7) is 5.94. The molecular weight excluding hydrogens is 354 g/mol. The van der Waals surface area contributed by atoms with Crippen LogP contribution in [0.4, 0.5) is 5.69 Å². The first-order chi connectivity index (χ1) is 13.7. The third-order valence-electron chi connectivity index (χ3n) is 4.13. The van der Waals surface area contributed by atoms with E-state index in [0.29, 0.717) is 30.6 Å². The summed E-state index contributed by atoms with van der Waals surface area (Å²) in [5, 5.41) is 6.58. The molecule has 3 N–H and O–H groups in total. The number of aromatic amines is 1. The predicted molar refractivity (Wildman–Crippen MR) is 114 cm³/mol. The number of ether oxygens (including phenoxy) is 2. The van der Waals surface area contributed by atoms with Gasteiger partial charge in [-0.3, -0.25) is 4.99 Å². The van der Waals surface area contributed by atoms with Crippen molar-refractivity contribution in [2.45, 2.75) is 20.3 Å². The first-order valence-electron chi connectivity index (χ1n) is 9.53. The molecule has 0 fully saturated rings. The van der Waals surface area contributed by atoms with Crippen molar-refractivity contribution in [3.63, 3.8) is 0 Å². The number of para-hydroxylation sites is 2. The van der Waals surface area contributed by atoms with Crippen LogP contribution in [-0.2, 0) is 6.42 Å². The number of nitrogens with one attached hydrogen (secondary N) is 3. The van der Waals surface area contributed by atoms with E-state index in [1.165, 1.54) is 0 Å². The first-order valence-corrected chi connectivity index (χ1v) is 9.53. The number of hydrogen-bond donors (Lipinski definition) is 3. The van der Waals surface area contributed by atoms with Gasteiger partial charge in [0.1, 0.15) is 5.82 Å². The molecule has 0 amide bonds. The molecule has 0 aliphatic carbocycles. The number of benzene rings is 2. The summed E-state index contributed by atoms with van der Waals surface area (Å²) < 4.78 is 11.0. The summed E-state index contributed by atoms with van der Waals surface area (Å²) >= 11 is 0. The fraction of sp³-hybridized carbons (Fsp3) is 0.333. The summed E-state index contributed by atoms with van der Waals surface area (Å²) in [6, 6.07) is 13.8. The number of methoxy groups -OCH3 is 1. The molecule has 0 radical (unpaired) electrons. The summed E-state index contributed by atoms with van der Waals surface area (Å²) in [5.41, 5.74) is 2.91. The Balaban J connectivity index is 1.67. The Morgan fingerprint density at radius 3 is 2.75 bits per heavy atom. The molecule has 0 atom stereocenters. The molecule has 1 aromatic heterocycles. The van der Waals surface area contributed by atoms with Crippen LogP contribution in [0.1, 0.15) is 19.7 Å². The van der Waals surface area contributed by atoms with Crippen LogP contribution >= 0.6 is 0 Å². The van der Waals surface area contributed by atoms with Gasteiger partial charge in [0.05, 0.1) is 24.8 Å². The van der Waals surface area contributed by atoms with E-state index in [4.69, 9.17) is 9.47 Å². The number of rotatable bonds is 8. The second-order valence-electron chi connectivity index (χ2n) is 6.13. The molecule has 7 heteroatoms. The number of guanidine groups is 1. The van der Waals surface area contributed by atoms with E-state index < -0.39 is 0 Å². The van der Waals surface area contributed by atoms with Gasteiger partial charge in [0, 0.05) is 31.3 Å². The minimum Gasteiger partial charge on any atom is -0.493 e. The third-order valence-corrected chi connectivity index (χ3v) is 4.13. The van der Waals surface area contributed by atoms with Crippen molar-refractivity contribution in [1.29, 1.82) is 0 Å². The van der Waals surface area contributed by atoms with Crippen molar-refractivity contribution < 1.29 is 9.47 Å². The lowest BCUT2D eigenvalue weighted by atomic mass is 10.2. The van der Waals surface area contributed by atoms with Crippen LogP contribution in [0.25, 0.3) is 11.0 Å². The summed E-state index contributed by atoms with van der Waals surface area (Å²) in [5.74, 6) is 3.06. The van der Waals surface area contributed by atoms with E-state index in [2.05, 4.69) is 25.6 Å². The second kappa shape index (κ2) is 9.64. The molecule has 1 heterocycles. The number of anilines is 1. The van der Waals surface area contributed by atoms with E-state index in [0.717, 1.165) is 35.5 Å². The van der Waals surface area contributed by atoms with Crippen LogP contribution in [0.5, 0.6) is 11.5 Å². The summed E-state index contributed by atoms with van der Waals surface area (Å²) in [7, 11) is 1.63. The first kappa shape index (κ1) is 19.5. The van der Waals surface area contributed by atoms with E-state index in [-0.39, 0.29) is 0 Å². The maximum Gasteiger partial charge on any atom is 0.195 e. The minimum absolute atomic E-state index is 0.575. The van der Waals surface area contributed by atoms with Crippen LogP contribution in [0.3, 0.4) is 0 Å². The Kier molecular flexibility index (Phi) is 6.73. The average molecular weight is 381 g/mol. The number of nitrogens with zero attached hydrogens (tertiary/aromatic N) is 2. The highest BCUT2D eigenvalue weighted by Crippen LogP contribution is 2.30. The van der Waals surface area contributed by atoms with Gasteiger partial charge in [-0.15, -0.1) is 0 Å². The number of imidazole rings is 1. The molecule has 0 spiro atoms. The lowest BCUT2D eigenvalue weighted by Crippen LogP contribution is -2.31. The maximum absolute atomic E-state index is 5.64. The molecule has 0 aliphatic heterocycles. The predicted octanol–water partition coefficient (Wildman–Crippen LogP) is 3.59. The smallest absolute Gasteiger partial charge is 0.195 e. The van der Waals surface area contributed by atoms with Crippen LogP contribution in [0.15, 0.2) is 47.5 Å². The number of fused-ring (bicyclic) bond motifs is 1. The van der Waals surface area contributed by atoms with E-state index in [1.807, 2.05) is 56.3 Å². The Bertz CT molecular complexity index is 902. The number of aromatic nitrogens is 2. The highest BCUT2D eigenvalue weighted by Gasteiger charge is 2.07. The molecule has 148 valence electrons. The van der Waals surface area contributed by atoms with Crippen LogP contribution < -0.4 is 20.1 Å². The third kappa shape index (κ3) is 4.94. The van der Waals surface area contributed by atoms with Crippen molar-refractivity contribution in [2.75, 3.05) is 32.1 Å². The van der Waals surface area contributed by atoms with E-state index in [9.17, 15) is 0 Å². The lowest BCUT2D eigenvalue weighted by Gasteiger charge is -2.14. The van der Waals surface area contributed by atoms with Gasteiger partial charge in [-0.2, -0.15) is 0 Å². The van der Waals surface area contributed by atoms with Crippen molar-refractivity contribution in [2.24, 2.45) is 4.99 Å². The zero-order valence-corrected chi connectivity index (χ0v) is 16.6. The summed E-state index contributed by atoms with van der Waals surface area (Å²) in [6.07, 6.45) is 0.734. The Hall–Kier alpha value is -3.22. The van der Waals surface area contributed by atoms with Crippen molar-refractivity contribution in [3.05, 3.63) is 48.3 Å². The molecule has 0 saturated carbocycles. The normalized spacial score (nSPS) is 11.5. The monoisotopic (exact) mass is 381 g/mol. The van der Waals surface area contributed by atoms with Gasteiger partial charge in [-0.1, -0.05) is 12.1 Å². The van der Waals surface area contributed by atoms with Gasteiger partial charge in [0.25, 0.3) is 0 Å². The van der Waals surface area contributed by atoms with Crippen molar-refractivity contribution in [1.82, 2.24) is 15.3 Å². The fourth-order valence-corrected chi connectivity index (χ4v) is 2.86. The minimum atomic E-state index is 0.575. The van der Waals surface area contributed by atoms with Crippen LogP contribution in [0, 0.1) is 0 Å². The molecule has 0 bridgehead atoms. The zero-order chi connectivity index (χ0) is 19.8. The Morgan fingerprint density at radius 2 is 2.00 bits per heavy atom. The standard InChI is InChI=1S/C21H27N5O2/c1-4-22-21(24-15-10-11-18(27-3)19(14-15)28-5-2)23-13-12-20-25-16-8-6-7-9-17(16)26-20/h6-11,14H,4-5,12-13H2,1-3H3,(H,25,26)(H2,22,23,24). The second-order valence-corrected chi connectivity index (χ2v) is 6.13. The van der Waals surface area contributed by atoms with E-state index in [1.54, 1.807) is 7.11 Å². The van der Waals surface area contributed by atoms with Gasteiger partial charge >= 0.3 is 0 Å². The molecule has 7 nitrogen and oxygen atoms in total. The molecule has 2 aromatic carbocycles. The molecule has 0 unspecified atom stereocenters. The van der Waals surface area contributed by atoms with Crippen LogP contribution in [0.2, 0.25) is 0 Å². The lowest BCUT2D eigenvalue weighted by molar-refractivity contribution is 0.311. The molecule has 0 aliphatic rings. The average Bonchev–Trinajstić information content (AvgIpc) is 3.11. The van der Waals surface area contributed by atoms with Gasteiger partial charge in [0.2, 0.25) is 0 Å². The van der Waals surface area contributed by atoms with Crippen molar-refractivity contribution in [3.8, 4) is 11.5 Å². The number of aliphatic imine (C=N–C) groups is 1. The zero-order valence-electron chi connectivity index (χ0n) is 16.6. The van der Waals surface area contributed by atoms with Gasteiger partial charge < -0.3 is 25.1 Å². The van der Waals surface area contributed by atoms with Gasteiger partial charge in [-0.05, 0) is 38.1 Å². The van der Waals surface area contributed by atoms with Gasteiger partial charge in [0.15, 0.2) is 17.5 Å². The van der Waals surface area contributed by atoms with Crippen molar-refractivity contribution >= 4 is 22.7 Å². The highest BCUT2D eigenvalue weighted by molar-refractivity contribution is 5.93. The van der Waals surface area contributed by atoms with E-state index >= 15 is 0 Å². The number of hydrogen-bond acceptors (Lipinski definition) is 4. The van der Waals surface area contributed by atoms with Crippen LogP contribution in [-0.4, -0.2) is 42.7 Å². The SMILES string of the molecule is CCNC(=NCCc1nc2ccccc2[nH]1)Nc1ccc(OC)c(OCC)c1. The van der Waals surface area contributed by atoms with Gasteiger partial charge in [-0.25, -0.2) is 4.98 Å².